The third-order valence-corrected chi connectivity index (χ3v) is 6.41. The van der Waals surface area contributed by atoms with Crippen LogP contribution in [0.1, 0.15) is 44.7 Å². The minimum atomic E-state index is -0.839. The number of amides is 3. The standard InChI is InChI=1S/C25H22ClN5O3/c1-15-9-10-21(23(32)29-15)31-24(33)18-6-4-8-20(22(18)25(31)34)27-11-16-12-28-30(13-16)14-17-5-2-3-7-19(17)26/h2-8,12-13,21,27H,1,9-11,14H2,(H,29,32). The van der Waals surface area contributed by atoms with Crippen molar-refractivity contribution in [3.63, 3.8) is 0 Å². The van der Waals surface area contributed by atoms with Crippen molar-refractivity contribution in [2.45, 2.75) is 32.0 Å². The molecule has 0 aliphatic carbocycles. The number of rotatable bonds is 6. The zero-order valence-electron chi connectivity index (χ0n) is 18.3. The van der Waals surface area contributed by atoms with E-state index in [2.05, 4.69) is 22.3 Å². The van der Waals surface area contributed by atoms with Gasteiger partial charge < -0.3 is 10.6 Å². The van der Waals surface area contributed by atoms with Crippen LogP contribution in [0.15, 0.2) is 67.1 Å². The maximum Gasteiger partial charge on any atom is 0.264 e. The number of hydrogen-bond acceptors (Lipinski definition) is 5. The van der Waals surface area contributed by atoms with Gasteiger partial charge in [-0.05, 0) is 36.6 Å². The van der Waals surface area contributed by atoms with Crippen molar-refractivity contribution < 1.29 is 14.4 Å². The number of piperidine rings is 1. The molecule has 1 unspecified atom stereocenters. The summed E-state index contributed by atoms with van der Waals surface area (Å²) in [5.74, 6) is -1.31. The van der Waals surface area contributed by atoms with E-state index in [1.54, 1.807) is 29.1 Å². The molecule has 1 saturated heterocycles. The summed E-state index contributed by atoms with van der Waals surface area (Å²) < 4.78 is 1.79. The van der Waals surface area contributed by atoms with Crippen LogP contribution in [0.4, 0.5) is 5.69 Å². The Morgan fingerprint density at radius 1 is 1.12 bits per heavy atom. The lowest BCUT2D eigenvalue weighted by Gasteiger charge is -2.29. The Morgan fingerprint density at radius 2 is 1.94 bits per heavy atom. The Hall–Kier alpha value is -3.91. The van der Waals surface area contributed by atoms with E-state index in [0.29, 0.717) is 47.9 Å². The van der Waals surface area contributed by atoms with E-state index in [4.69, 9.17) is 11.6 Å². The molecular formula is C25H22ClN5O3. The van der Waals surface area contributed by atoms with Gasteiger partial charge in [-0.3, -0.25) is 24.0 Å². The van der Waals surface area contributed by atoms with Gasteiger partial charge >= 0.3 is 0 Å². The Kier molecular flexibility index (Phi) is 5.67. The van der Waals surface area contributed by atoms with Crippen molar-refractivity contribution in [3.8, 4) is 0 Å². The molecule has 2 aromatic carbocycles. The van der Waals surface area contributed by atoms with Gasteiger partial charge in [-0.1, -0.05) is 42.4 Å². The second-order valence-electron chi connectivity index (χ2n) is 8.35. The number of halogens is 1. The van der Waals surface area contributed by atoms with Crippen LogP contribution in [0.3, 0.4) is 0 Å². The fourth-order valence-electron chi connectivity index (χ4n) is 4.32. The van der Waals surface area contributed by atoms with Crippen molar-refractivity contribution in [2.24, 2.45) is 0 Å². The van der Waals surface area contributed by atoms with E-state index < -0.39 is 17.9 Å². The van der Waals surface area contributed by atoms with Crippen molar-refractivity contribution in [2.75, 3.05) is 5.32 Å². The van der Waals surface area contributed by atoms with Crippen LogP contribution in [0.25, 0.3) is 0 Å². The van der Waals surface area contributed by atoms with Gasteiger partial charge in [0.2, 0.25) is 5.91 Å². The fraction of sp³-hybridized carbons (Fsp3) is 0.200. The maximum atomic E-state index is 13.2. The van der Waals surface area contributed by atoms with E-state index in [0.717, 1.165) is 16.0 Å². The number of benzene rings is 2. The summed E-state index contributed by atoms with van der Waals surface area (Å²) in [4.78, 5) is 39.8. The fourth-order valence-corrected chi connectivity index (χ4v) is 4.52. The first-order valence-electron chi connectivity index (χ1n) is 10.9. The van der Waals surface area contributed by atoms with Crippen molar-refractivity contribution >= 4 is 35.0 Å². The van der Waals surface area contributed by atoms with Crippen molar-refractivity contribution in [1.82, 2.24) is 20.0 Å². The Bertz CT molecular complexity index is 1330. The molecule has 1 atom stereocenters. The molecule has 3 amide bonds. The molecule has 0 spiro atoms. The predicted octanol–water partition coefficient (Wildman–Crippen LogP) is 3.59. The zero-order chi connectivity index (χ0) is 23.8. The SMILES string of the molecule is C=C1CCC(N2C(=O)c3cccc(NCc4cnn(Cc5ccccc5Cl)c4)c3C2=O)C(=O)N1. The number of allylic oxidation sites excluding steroid dienone is 1. The number of nitrogens with one attached hydrogen (secondary N) is 2. The summed E-state index contributed by atoms with van der Waals surface area (Å²) in [5.41, 5.74) is 3.58. The molecule has 0 bridgehead atoms. The average Bonchev–Trinajstić information content (AvgIpc) is 3.37. The van der Waals surface area contributed by atoms with Gasteiger partial charge in [-0.15, -0.1) is 0 Å². The lowest BCUT2D eigenvalue weighted by atomic mass is 10.0. The molecule has 5 rings (SSSR count). The van der Waals surface area contributed by atoms with Gasteiger partial charge in [0.05, 0.1) is 23.9 Å². The highest BCUT2D eigenvalue weighted by Gasteiger charge is 2.44. The summed E-state index contributed by atoms with van der Waals surface area (Å²) in [6.45, 7) is 4.70. The highest BCUT2D eigenvalue weighted by molar-refractivity contribution is 6.31. The molecule has 0 saturated carbocycles. The largest absolute Gasteiger partial charge is 0.380 e. The van der Waals surface area contributed by atoms with Crippen LogP contribution in [0, 0.1) is 0 Å². The number of carbonyl (C=O) groups excluding carboxylic acids is 3. The highest BCUT2D eigenvalue weighted by Crippen LogP contribution is 2.33. The summed E-state index contributed by atoms with van der Waals surface area (Å²) >= 11 is 6.24. The third kappa shape index (κ3) is 3.97. The number of anilines is 1. The quantitative estimate of drug-likeness (QED) is 0.531. The van der Waals surface area contributed by atoms with Crippen LogP contribution >= 0.6 is 11.6 Å². The van der Waals surface area contributed by atoms with E-state index in [-0.39, 0.29) is 11.5 Å². The van der Waals surface area contributed by atoms with Crippen LogP contribution in [0.5, 0.6) is 0 Å². The van der Waals surface area contributed by atoms with Crippen molar-refractivity contribution in [1.29, 1.82) is 0 Å². The first-order chi connectivity index (χ1) is 16.4. The predicted molar refractivity (Wildman–Crippen MR) is 127 cm³/mol. The number of aromatic nitrogens is 2. The maximum absolute atomic E-state index is 13.2. The summed E-state index contributed by atoms with van der Waals surface area (Å²) in [6, 6.07) is 11.9. The zero-order valence-corrected chi connectivity index (χ0v) is 19.0. The molecule has 0 radical (unpaired) electrons. The normalized spacial score (nSPS) is 17.7. The Balaban J connectivity index is 1.32. The Morgan fingerprint density at radius 3 is 2.74 bits per heavy atom. The minimum absolute atomic E-state index is 0.285. The molecule has 9 heteroatoms. The molecule has 2 aliphatic rings. The molecule has 2 aliphatic heterocycles. The van der Waals surface area contributed by atoms with Crippen LogP contribution in [-0.2, 0) is 17.9 Å². The first kappa shape index (κ1) is 21.9. The summed E-state index contributed by atoms with van der Waals surface area (Å²) in [7, 11) is 0. The first-order valence-corrected chi connectivity index (χ1v) is 11.3. The van der Waals surface area contributed by atoms with Gasteiger partial charge in [0, 0.05) is 34.7 Å². The van der Waals surface area contributed by atoms with Gasteiger partial charge in [-0.25, -0.2) is 0 Å². The smallest absolute Gasteiger partial charge is 0.264 e. The number of nitrogens with zero attached hydrogens (tertiary/aromatic N) is 3. The van der Waals surface area contributed by atoms with E-state index >= 15 is 0 Å². The molecule has 34 heavy (non-hydrogen) atoms. The highest BCUT2D eigenvalue weighted by atomic mass is 35.5. The Labute approximate surface area is 201 Å². The monoisotopic (exact) mass is 475 g/mol. The minimum Gasteiger partial charge on any atom is -0.380 e. The molecule has 172 valence electrons. The summed E-state index contributed by atoms with van der Waals surface area (Å²) in [5, 5.41) is 11.0. The van der Waals surface area contributed by atoms with E-state index in [1.807, 2.05) is 30.5 Å². The lowest BCUT2D eigenvalue weighted by Crippen LogP contribution is -2.51. The molecule has 8 nitrogen and oxygen atoms in total. The molecular weight excluding hydrogens is 454 g/mol. The van der Waals surface area contributed by atoms with Crippen LogP contribution in [-0.4, -0.2) is 38.4 Å². The second kappa shape index (κ2) is 8.79. The van der Waals surface area contributed by atoms with Crippen LogP contribution in [0.2, 0.25) is 5.02 Å². The molecule has 3 heterocycles. The number of fused-ring (bicyclic) bond motifs is 1. The van der Waals surface area contributed by atoms with E-state index in [9.17, 15) is 14.4 Å². The lowest BCUT2D eigenvalue weighted by molar-refractivity contribution is -0.125. The topological polar surface area (TPSA) is 96.3 Å². The van der Waals surface area contributed by atoms with Gasteiger partial charge in [0.25, 0.3) is 11.8 Å². The molecule has 2 N–H and O–H groups in total. The molecule has 1 fully saturated rings. The number of imide groups is 1. The van der Waals surface area contributed by atoms with Gasteiger partial charge in [0.1, 0.15) is 6.04 Å². The number of hydrogen-bond donors (Lipinski definition) is 2. The number of carbonyl (C=O) groups is 3. The average molecular weight is 476 g/mol. The third-order valence-electron chi connectivity index (χ3n) is 6.04. The molecule has 1 aromatic heterocycles. The van der Waals surface area contributed by atoms with Crippen LogP contribution < -0.4 is 10.6 Å². The van der Waals surface area contributed by atoms with Crippen molar-refractivity contribution in [3.05, 3.63) is 94.4 Å². The van der Waals surface area contributed by atoms with Gasteiger partial charge in [-0.2, -0.15) is 5.10 Å². The van der Waals surface area contributed by atoms with Gasteiger partial charge in [0.15, 0.2) is 0 Å². The second-order valence-corrected chi connectivity index (χ2v) is 8.75. The van der Waals surface area contributed by atoms with E-state index in [1.165, 1.54) is 0 Å². The molecule has 3 aromatic rings. The summed E-state index contributed by atoms with van der Waals surface area (Å²) in [6.07, 6.45) is 4.53.